The SMILES string of the molecule is O=C(NCC1CCCS1)c1cnc(Cl)cn1. The highest BCUT2D eigenvalue weighted by atomic mass is 35.5. The lowest BCUT2D eigenvalue weighted by molar-refractivity contribution is 0.0948. The zero-order valence-electron chi connectivity index (χ0n) is 8.65. The maximum absolute atomic E-state index is 11.6. The van der Waals surface area contributed by atoms with Gasteiger partial charge in [0.25, 0.3) is 5.91 Å². The highest BCUT2D eigenvalue weighted by Crippen LogP contribution is 2.25. The van der Waals surface area contributed by atoms with E-state index in [2.05, 4.69) is 15.3 Å². The van der Waals surface area contributed by atoms with Crippen LogP contribution in [0.25, 0.3) is 0 Å². The van der Waals surface area contributed by atoms with Crippen LogP contribution in [0.3, 0.4) is 0 Å². The molecule has 1 aromatic heterocycles. The van der Waals surface area contributed by atoms with Crippen LogP contribution in [-0.4, -0.2) is 33.4 Å². The number of hydrogen-bond donors (Lipinski definition) is 1. The van der Waals surface area contributed by atoms with Gasteiger partial charge in [0.1, 0.15) is 10.8 Å². The van der Waals surface area contributed by atoms with Crippen LogP contribution in [-0.2, 0) is 0 Å². The minimum atomic E-state index is -0.184. The Morgan fingerprint density at radius 2 is 2.44 bits per heavy atom. The van der Waals surface area contributed by atoms with Crippen LogP contribution in [0.5, 0.6) is 0 Å². The Morgan fingerprint density at radius 3 is 3.06 bits per heavy atom. The third-order valence-corrected chi connectivity index (χ3v) is 3.96. The Balaban J connectivity index is 1.85. The molecule has 6 heteroatoms. The smallest absolute Gasteiger partial charge is 0.271 e. The molecule has 1 unspecified atom stereocenters. The largest absolute Gasteiger partial charge is 0.350 e. The van der Waals surface area contributed by atoms with Crippen molar-refractivity contribution >= 4 is 29.3 Å². The molecule has 86 valence electrons. The first kappa shape index (κ1) is 11.7. The summed E-state index contributed by atoms with van der Waals surface area (Å²) < 4.78 is 0. The summed E-state index contributed by atoms with van der Waals surface area (Å²) in [5.41, 5.74) is 0.312. The van der Waals surface area contributed by atoms with Crippen LogP contribution in [0.15, 0.2) is 12.4 Å². The highest BCUT2D eigenvalue weighted by Gasteiger charge is 2.17. The van der Waals surface area contributed by atoms with E-state index in [1.807, 2.05) is 11.8 Å². The van der Waals surface area contributed by atoms with Crippen LogP contribution in [0.2, 0.25) is 5.15 Å². The zero-order chi connectivity index (χ0) is 11.4. The van der Waals surface area contributed by atoms with Crippen LogP contribution in [0.1, 0.15) is 23.3 Å². The fourth-order valence-electron chi connectivity index (χ4n) is 1.53. The maximum atomic E-state index is 11.6. The molecule has 1 aliphatic heterocycles. The molecule has 4 nitrogen and oxygen atoms in total. The monoisotopic (exact) mass is 257 g/mol. The summed E-state index contributed by atoms with van der Waals surface area (Å²) in [6.07, 6.45) is 5.18. The topological polar surface area (TPSA) is 54.9 Å². The molecule has 2 rings (SSSR count). The fourth-order valence-corrected chi connectivity index (χ4v) is 2.83. The molecular weight excluding hydrogens is 246 g/mol. The Kier molecular flexibility index (Phi) is 4.01. The van der Waals surface area contributed by atoms with Crippen molar-refractivity contribution in [3.63, 3.8) is 0 Å². The van der Waals surface area contributed by atoms with Gasteiger partial charge in [-0.05, 0) is 18.6 Å². The lowest BCUT2D eigenvalue weighted by Crippen LogP contribution is -2.30. The predicted octanol–water partition coefficient (Wildman–Crippen LogP) is 1.76. The number of carbonyl (C=O) groups is 1. The van der Waals surface area contributed by atoms with Crippen LogP contribution < -0.4 is 5.32 Å². The molecule has 2 heterocycles. The molecule has 0 aromatic carbocycles. The number of halogens is 1. The summed E-state index contributed by atoms with van der Waals surface area (Å²) in [4.78, 5) is 19.4. The Hall–Kier alpha value is -0.810. The Bertz CT molecular complexity index is 365. The van der Waals surface area contributed by atoms with Crippen molar-refractivity contribution < 1.29 is 4.79 Å². The summed E-state index contributed by atoms with van der Waals surface area (Å²) in [5.74, 6) is 1.01. The van der Waals surface area contributed by atoms with Crippen molar-refractivity contribution in [2.45, 2.75) is 18.1 Å². The molecule has 16 heavy (non-hydrogen) atoms. The van der Waals surface area contributed by atoms with Gasteiger partial charge in [-0.3, -0.25) is 4.79 Å². The number of amides is 1. The number of thioether (sulfide) groups is 1. The van der Waals surface area contributed by atoms with Crippen molar-refractivity contribution in [1.29, 1.82) is 0 Å². The third-order valence-electron chi connectivity index (χ3n) is 2.37. The molecule has 1 fully saturated rings. The van der Waals surface area contributed by atoms with E-state index in [-0.39, 0.29) is 5.91 Å². The molecule has 1 saturated heterocycles. The molecule has 1 aliphatic rings. The lowest BCUT2D eigenvalue weighted by atomic mass is 10.2. The highest BCUT2D eigenvalue weighted by molar-refractivity contribution is 8.00. The van der Waals surface area contributed by atoms with Crippen molar-refractivity contribution in [2.75, 3.05) is 12.3 Å². The molecule has 0 bridgehead atoms. The first-order valence-electron chi connectivity index (χ1n) is 5.13. The van der Waals surface area contributed by atoms with Gasteiger partial charge < -0.3 is 5.32 Å². The predicted molar refractivity (Wildman–Crippen MR) is 64.9 cm³/mol. The average Bonchev–Trinajstić information content (AvgIpc) is 2.80. The summed E-state index contributed by atoms with van der Waals surface area (Å²) in [6.45, 7) is 0.702. The van der Waals surface area contributed by atoms with E-state index in [1.165, 1.54) is 31.0 Å². The summed E-state index contributed by atoms with van der Waals surface area (Å²) in [5, 5.41) is 3.69. The zero-order valence-corrected chi connectivity index (χ0v) is 10.2. The van der Waals surface area contributed by atoms with Crippen LogP contribution in [0.4, 0.5) is 0 Å². The van der Waals surface area contributed by atoms with Gasteiger partial charge in [0.05, 0.1) is 12.4 Å². The molecule has 0 aliphatic carbocycles. The van der Waals surface area contributed by atoms with Crippen LogP contribution >= 0.6 is 23.4 Å². The molecule has 0 saturated carbocycles. The van der Waals surface area contributed by atoms with E-state index in [1.54, 1.807) is 0 Å². The fraction of sp³-hybridized carbons (Fsp3) is 0.500. The summed E-state index contributed by atoms with van der Waals surface area (Å²) >= 11 is 7.50. The second-order valence-corrected chi connectivity index (χ2v) is 5.36. The molecule has 1 atom stereocenters. The van der Waals surface area contributed by atoms with E-state index >= 15 is 0 Å². The number of hydrogen-bond acceptors (Lipinski definition) is 4. The second-order valence-electron chi connectivity index (χ2n) is 3.57. The van der Waals surface area contributed by atoms with Crippen molar-refractivity contribution in [2.24, 2.45) is 0 Å². The van der Waals surface area contributed by atoms with Gasteiger partial charge in [0, 0.05) is 11.8 Å². The summed E-state index contributed by atoms with van der Waals surface area (Å²) in [6, 6.07) is 0. The van der Waals surface area contributed by atoms with Crippen molar-refractivity contribution in [3.8, 4) is 0 Å². The number of rotatable bonds is 3. The molecule has 0 spiro atoms. The number of aromatic nitrogens is 2. The first-order chi connectivity index (χ1) is 7.75. The van der Waals surface area contributed by atoms with Crippen molar-refractivity contribution in [1.82, 2.24) is 15.3 Å². The molecule has 0 radical (unpaired) electrons. The van der Waals surface area contributed by atoms with Crippen LogP contribution in [0, 0.1) is 0 Å². The molecule has 1 N–H and O–H groups in total. The quantitative estimate of drug-likeness (QED) is 0.897. The normalized spacial score (nSPS) is 19.7. The molecule has 1 amide bonds. The van der Waals surface area contributed by atoms with E-state index in [4.69, 9.17) is 11.6 Å². The van der Waals surface area contributed by atoms with E-state index in [0.29, 0.717) is 22.6 Å². The minimum Gasteiger partial charge on any atom is -0.350 e. The van der Waals surface area contributed by atoms with Gasteiger partial charge in [-0.15, -0.1) is 0 Å². The third kappa shape index (κ3) is 3.09. The first-order valence-corrected chi connectivity index (χ1v) is 6.56. The van der Waals surface area contributed by atoms with Gasteiger partial charge in [0.2, 0.25) is 0 Å². The van der Waals surface area contributed by atoms with Gasteiger partial charge in [0.15, 0.2) is 0 Å². The van der Waals surface area contributed by atoms with Gasteiger partial charge in [-0.25, -0.2) is 9.97 Å². The lowest BCUT2D eigenvalue weighted by Gasteiger charge is -2.09. The number of nitrogens with zero attached hydrogens (tertiary/aromatic N) is 2. The maximum Gasteiger partial charge on any atom is 0.271 e. The standard InChI is InChI=1S/C10H12ClN3OS/c11-9-6-12-8(5-13-9)10(15)14-4-7-2-1-3-16-7/h5-7H,1-4H2,(H,14,15). The second kappa shape index (κ2) is 5.50. The molecular formula is C10H12ClN3OS. The van der Waals surface area contributed by atoms with E-state index in [9.17, 15) is 4.79 Å². The van der Waals surface area contributed by atoms with E-state index in [0.717, 1.165) is 0 Å². The average molecular weight is 258 g/mol. The Morgan fingerprint density at radius 1 is 1.56 bits per heavy atom. The minimum absolute atomic E-state index is 0.184. The van der Waals surface area contributed by atoms with Gasteiger partial charge in [-0.2, -0.15) is 11.8 Å². The van der Waals surface area contributed by atoms with E-state index < -0.39 is 0 Å². The molecule has 1 aromatic rings. The van der Waals surface area contributed by atoms with Gasteiger partial charge >= 0.3 is 0 Å². The summed E-state index contributed by atoms with van der Waals surface area (Å²) in [7, 11) is 0. The number of nitrogens with one attached hydrogen (secondary N) is 1. The van der Waals surface area contributed by atoms with Crippen molar-refractivity contribution in [3.05, 3.63) is 23.2 Å². The Labute approximate surface area is 103 Å². The van der Waals surface area contributed by atoms with Gasteiger partial charge in [-0.1, -0.05) is 11.6 Å². The number of carbonyl (C=O) groups excluding carboxylic acids is 1.